The Kier molecular flexibility index (Phi) is 4.04. The van der Waals surface area contributed by atoms with Crippen molar-refractivity contribution in [2.75, 3.05) is 18.0 Å². The van der Waals surface area contributed by atoms with Crippen LogP contribution in [0.15, 0.2) is 24.7 Å². The first-order valence-electron chi connectivity index (χ1n) is 7.46. The van der Waals surface area contributed by atoms with E-state index >= 15 is 0 Å². The Hall–Kier alpha value is -2.44. The number of anilines is 1. The minimum atomic E-state index is -0.0786. The summed E-state index contributed by atoms with van der Waals surface area (Å²) in [5, 5.41) is 7.10. The molecule has 0 aliphatic carbocycles. The Morgan fingerprint density at radius 1 is 1.45 bits per heavy atom. The van der Waals surface area contributed by atoms with Crippen LogP contribution >= 0.6 is 0 Å². The van der Waals surface area contributed by atoms with E-state index in [-0.39, 0.29) is 11.9 Å². The molecule has 0 aromatic carbocycles. The van der Waals surface area contributed by atoms with Gasteiger partial charge in [0.05, 0.1) is 11.8 Å². The van der Waals surface area contributed by atoms with E-state index in [0.717, 1.165) is 37.6 Å². The summed E-state index contributed by atoms with van der Waals surface area (Å²) in [5.74, 6) is 0.658. The number of piperidine rings is 1. The van der Waals surface area contributed by atoms with Crippen molar-refractivity contribution in [2.24, 2.45) is 7.05 Å². The second-order valence-corrected chi connectivity index (χ2v) is 5.66. The second-order valence-electron chi connectivity index (χ2n) is 5.66. The number of rotatable bonds is 3. The van der Waals surface area contributed by atoms with E-state index in [9.17, 15) is 4.79 Å². The summed E-state index contributed by atoms with van der Waals surface area (Å²) < 4.78 is 1.63. The van der Waals surface area contributed by atoms with Crippen molar-refractivity contribution in [1.82, 2.24) is 25.1 Å². The Labute approximate surface area is 129 Å². The van der Waals surface area contributed by atoms with Crippen LogP contribution in [0.4, 0.5) is 5.95 Å². The first-order valence-corrected chi connectivity index (χ1v) is 7.46. The van der Waals surface area contributed by atoms with Gasteiger partial charge in [-0.25, -0.2) is 9.97 Å². The first kappa shape index (κ1) is 14.5. The standard InChI is InChI=1S/C15H20N6O/c1-11-5-6-16-15(18-11)21-7-3-4-13(10-21)19-14(22)12-8-17-20(2)9-12/h5-6,8-9,13H,3-4,7,10H2,1-2H3,(H,19,22). The molecule has 1 unspecified atom stereocenters. The molecular weight excluding hydrogens is 280 g/mol. The average Bonchev–Trinajstić information content (AvgIpc) is 2.94. The maximum Gasteiger partial charge on any atom is 0.254 e. The summed E-state index contributed by atoms with van der Waals surface area (Å²) in [6.45, 7) is 3.61. The van der Waals surface area contributed by atoms with E-state index in [1.54, 1.807) is 30.3 Å². The Bertz CT molecular complexity index is 668. The minimum Gasteiger partial charge on any atom is -0.347 e. The predicted molar refractivity (Wildman–Crippen MR) is 82.7 cm³/mol. The Balaban J connectivity index is 1.64. The largest absolute Gasteiger partial charge is 0.347 e. The maximum absolute atomic E-state index is 12.2. The fourth-order valence-electron chi connectivity index (χ4n) is 2.67. The van der Waals surface area contributed by atoms with E-state index in [4.69, 9.17) is 0 Å². The second kappa shape index (κ2) is 6.13. The van der Waals surface area contributed by atoms with E-state index < -0.39 is 0 Å². The number of hydrogen-bond donors (Lipinski definition) is 1. The lowest BCUT2D eigenvalue weighted by Gasteiger charge is -2.33. The molecule has 3 heterocycles. The molecule has 1 aliphatic heterocycles. The summed E-state index contributed by atoms with van der Waals surface area (Å²) in [6, 6.07) is 1.99. The molecule has 2 aromatic rings. The first-order chi connectivity index (χ1) is 10.6. The van der Waals surface area contributed by atoms with Crippen LogP contribution in [-0.2, 0) is 7.05 Å². The predicted octanol–water partition coefficient (Wildman–Crippen LogP) is 0.917. The number of aromatic nitrogens is 4. The molecule has 0 radical (unpaired) electrons. The lowest BCUT2D eigenvalue weighted by atomic mass is 10.1. The molecule has 0 saturated carbocycles. The molecule has 7 nitrogen and oxygen atoms in total. The molecule has 1 N–H and O–H groups in total. The van der Waals surface area contributed by atoms with Gasteiger partial charge in [0.2, 0.25) is 5.95 Å². The van der Waals surface area contributed by atoms with Crippen molar-refractivity contribution in [2.45, 2.75) is 25.8 Å². The number of aryl methyl sites for hydroxylation is 2. The molecule has 0 spiro atoms. The van der Waals surface area contributed by atoms with Gasteiger partial charge in [-0.3, -0.25) is 9.48 Å². The fourth-order valence-corrected chi connectivity index (χ4v) is 2.67. The van der Waals surface area contributed by atoms with E-state index in [1.165, 1.54) is 0 Å². The normalized spacial score (nSPS) is 18.3. The van der Waals surface area contributed by atoms with Gasteiger partial charge in [-0.15, -0.1) is 0 Å². The third-order valence-corrected chi connectivity index (χ3v) is 3.79. The molecule has 1 aliphatic rings. The molecular formula is C15H20N6O. The third kappa shape index (κ3) is 3.24. The number of carbonyl (C=O) groups is 1. The van der Waals surface area contributed by atoms with Crippen LogP contribution in [0.25, 0.3) is 0 Å². The fraction of sp³-hybridized carbons (Fsp3) is 0.467. The van der Waals surface area contributed by atoms with Crippen LogP contribution < -0.4 is 10.2 Å². The van der Waals surface area contributed by atoms with Crippen LogP contribution in [0.1, 0.15) is 28.9 Å². The summed E-state index contributed by atoms with van der Waals surface area (Å²) in [7, 11) is 1.80. The molecule has 1 atom stereocenters. The van der Waals surface area contributed by atoms with Gasteiger partial charge in [-0.2, -0.15) is 5.10 Å². The van der Waals surface area contributed by atoms with Crippen molar-refractivity contribution >= 4 is 11.9 Å². The van der Waals surface area contributed by atoms with Crippen molar-refractivity contribution < 1.29 is 4.79 Å². The van der Waals surface area contributed by atoms with Crippen molar-refractivity contribution in [3.8, 4) is 0 Å². The number of hydrogen-bond acceptors (Lipinski definition) is 5. The van der Waals surface area contributed by atoms with Gasteiger partial charge in [-0.1, -0.05) is 0 Å². The lowest BCUT2D eigenvalue weighted by molar-refractivity contribution is 0.0933. The van der Waals surface area contributed by atoms with Crippen LogP contribution in [0.3, 0.4) is 0 Å². The van der Waals surface area contributed by atoms with Crippen LogP contribution in [0, 0.1) is 6.92 Å². The highest BCUT2D eigenvalue weighted by atomic mass is 16.1. The number of amides is 1. The van der Waals surface area contributed by atoms with E-state index in [0.29, 0.717) is 5.56 Å². The van der Waals surface area contributed by atoms with Gasteiger partial charge in [0.15, 0.2) is 0 Å². The summed E-state index contributed by atoms with van der Waals surface area (Å²) in [6.07, 6.45) is 7.05. The van der Waals surface area contributed by atoms with E-state index in [1.807, 2.05) is 13.0 Å². The summed E-state index contributed by atoms with van der Waals surface area (Å²) in [5.41, 5.74) is 1.54. The Morgan fingerprint density at radius 3 is 3.05 bits per heavy atom. The molecule has 22 heavy (non-hydrogen) atoms. The molecule has 1 amide bonds. The van der Waals surface area contributed by atoms with Gasteiger partial charge >= 0.3 is 0 Å². The zero-order valence-corrected chi connectivity index (χ0v) is 12.9. The third-order valence-electron chi connectivity index (χ3n) is 3.79. The SMILES string of the molecule is Cc1ccnc(N2CCCC(NC(=O)c3cnn(C)c3)C2)n1. The van der Waals surface area contributed by atoms with Crippen LogP contribution in [-0.4, -0.2) is 44.8 Å². The summed E-state index contributed by atoms with van der Waals surface area (Å²) >= 11 is 0. The highest BCUT2D eigenvalue weighted by Gasteiger charge is 2.23. The maximum atomic E-state index is 12.2. The van der Waals surface area contributed by atoms with Crippen molar-refractivity contribution in [3.63, 3.8) is 0 Å². The quantitative estimate of drug-likeness (QED) is 0.912. The number of nitrogens with one attached hydrogen (secondary N) is 1. The average molecular weight is 300 g/mol. The highest BCUT2D eigenvalue weighted by molar-refractivity contribution is 5.93. The zero-order valence-electron chi connectivity index (χ0n) is 12.9. The molecule has 7 heteroatoms. The summed E-state index contributed by atoms with van der Waals surface area (Å²) in [4.78, 5) is 23.1. The molecule has 3 rings (SSSR count). The van der Waals surface area contributed by atoms with Crippen LogP contribution in [0.5, 0.6) is 0 Å². The zero-order chi connectivity index (χ0) is 15.5. The monoisotopic (exact) mass is 300 g/mol. The number of nitrogens with zero attached hydrogens (tertiary/aromatic N) is 5. The van der Waals surface area contributed by atoms with Gasteiger partial charge in [0, 0.05) is 44.3 Å². The lowest BCUT2D eigenvalue weighted by Crippen LogP contribution is -2.48. The molecule has 1 fully saturated rings. The molecule has 2 aromatic heterocycles. The van der Waals surface area contributed by atoms with Gasteiger partial charge < -0.3 is 10.2 Å². The highest BCUT2D eigenvalue weighted by Crippen LogP contribution is 2.16. The van der Waals surface area contributed by atoms with Gasteiger partial charge in [-0.05, 0) is 25.8 Å². The van der Waals surface area contributed by atoms with E-state index in [2.05, 4.69) is 25.3 Å². The van der Waals surface area contributed by atoms with Gasteiger partial charge in [0.1, 0.15) is 0 Å². The number of carbonyl (C=O) groups excluding carboxylic acids is 1. The topological polar surface area (TPSA) is 75.9 Å². The van der Waals surface area contributed by atoms with Crippen molar-refractivity contribution in [1.29, 1.82) is 0 Å². The smallest absolute Gasteiger partial charge is 0.254 e. The molecule has 0 bridgehead atoms. The molecule has 116 valence electrons. The Morgan fingerprint density at radius 2 is 2.32 bits per heavy atom. The minimum absolute atomic E-state index is 0.0786. The van der Waals surface area contributed by atoms with Gasteiger partial charge in [0.25, 0.3) is 5.91 Å². The van der Waals surface area contributed by atoms with Crippen LogP contribution in [0.2, 0.25) is 0 Å². The molecule has 1 saturated heterocycles. The van der Waals surface area contributed by atoms with Crippen molar-refractivity contribution in [3.05, 3.63) is 35.9 Å².